The molecular weight excluding hydrogens is 579 g/mol. The first kappa shape index (κ1) is 27.7. The van der Waals surface area contributed by atoms with E-state index in [-0.39, 0.29) is 0 Å². The summed E-state index contributed by atoms with van der Waals surface area (Å²) in [5.41, 5.74) is 20.6. The van der Waals surface area contributed by atoms with E-state index in [0.29, 0.717) is 5.92 Å². The number of rotatable bonds is 3. The van der Waals surface area contributed by atoms with Crippen LogP contribution in [0, 0.1) is 6.92 Å². The van der Waals surface area contributed by atoms with E-state index in [2.05, 4.69) is 152 Å². The van der Waals surface area contributed by atoms with Crippen LogP contribution in [-0.4, -0.2) is 4.40 Å². The van der Waals surface area contributed by atoms with Crippen LogP contribution in [0.1, 0.15) is 53.6 Å². The van der Waals surface area contributed by atoms with E-state index in [1.54, 1.807) is 0 Å². The fourth-order valence-corrected chi connectivity index (χ4v) is 9.17. The molecule has 1 nitrogen and oxygen atoms in total. The fourth-order valence-electron chi connectivity index (χ4n) is 9.17. The van der Waals surface area contributed by atoms with Crippen LogP contribution in [-0.2, 0) is 12.8 Å². The van der Waals surface area contributed by atoms with Crippen LogP contribution >= 0.6 is 0 Å². The highest BCUT2D eigenvalue weighted by Gasteiger charge is 2.28. The van der Waals surface area contributed by atoms with Gasteiger partial charge in [-0.15, -0.1) is 0 Å². The minimum atomic E-state index is 0.369. The van der Waals surface area contributed by atoms with Gasteiger partial charge < -0.3 is 4.40 Å². The predicted molar refractivity (Wildman–Crippen MR) is 204 cm³/mol. The first-order valence-electron chi connectivity index (χ1n) is 17.6. The zero-order valence-corrected chi connectivity index (χ0v) is 27.6. The number of para-hydroxylation sites is 1. The maximum Gasteiger partial charge on any atom is 0.0623 e. The Morgan fingerprint density at radius 1 is 0.646 bits per heavy atom. The van der Waals surface area contributed by atoms with Gasteiger partial charge in [0.1, 0.15) is 0 Å². The van der Waals surface area contributed by atoms with Gasteiger partial charge in [0.05, 0.1) is 11.0 Å². The number of nitrogens with zero attached hydrogens (tertiary/aromatic N) is 1. The van der Waals surface area contributed by atoms with Crippen LogP contribution in [0.4, 0.5) is 0 Å². The quantitative estimate of drug-likeness (QED) is 0.186. The van der Waals surface area contributed by atoms with Gasteiger partial charge in [0, 0.05) is 21.9 Å². The SMILES string of the molecule is CCC1Cc2ccc(-c3ccccc3)cc2-c2cccc(c2C)-c2cccc(-c3ccc4c5c(n6c7ccccc7c3c46)C=CCC5)c21. The van der Waals surface area contributed by atoms with Gasteiger partial charge in [-0.1, -0.05) is 122 Å². The number of hydrogen-bond donors (Lipinski definition) is 0. The van der Waals surface area contributed by atoms with Crippen LogP contribution in [0.3, 0.4) is 0 Å². The number of fused-ring (bicyclic) bond motifs is 12. The molecule has 8 aromatic rings. The third-order valence-electron chi connectivity index (χ3n) is 11.4. The molecule has 1 unspecified atom stereocenters. The number of benzene rings is 6. The molecule has 230 valence electrons. The highest BCUT2D eigenvalue weighted by molar-refractivity contribution is 6.22. The van der Waals surface area contributed by atoms with Gasteiger partial charge in [-0.05, 0) is 123 Å². The Morgan fingerprint density at radius 3 is 2.23 bits per heavy atom. The first-order chi connectivity index (χ1) is 23.7. The van der Waals surface area contributed by atoms with Gasteiger partial charge >= 0.3 is 0 Å². The third kappa shape index (κ3) is 3.85. The minimum Gasteiger partial charge on any atom is -0.308 e. The average Bonchev–Trinajstić information content (AvgIpc) is 3.67. The second kappa shape index (κ2) is 10.6. The monoisotopic (exact) mass is 615 g/mol. The topological polar surface area (TPSA) is 4.41 Å². The second-order valence-electron chi connectivity index (χ2n) is 13.8. The largest absolute Gasteiger partial charge is 0.308 e. The lowest BCUT2D eigenvalue weighted by Crippen LogP contribution is -2.06. The van der Waals surface area contributed by atoms with E-state index in [1.807, 2.05) is 0 Å². The summed E-state index contributed by atoms with van der Waals surface area (Å²) in [5, 5.41) is 4.16. The highest BCUT2D eigenvalue weighted by atomic mass is 14.9. The fraction of sp³-hybridized carbons (Fsp3) is 0.149. The molecule has 0 fully saturated rings. The summed E-state index contributed by atoms with van der Waals surface area (Å²) >= 11 is 0. The standard InChI is InChI=1S/C47H37N/c1-3-30-27-33-24-23-32(31-13-5-4-6-14-31)28-42(33)35-18-11-17-34(29(35)2)37-19-12-20-38(45(30)37)39-25-26-40-36-15-7-9-21-43(36)48-44-22-10-8-16-41(44)46(39)47(40)48/h4-6,8-14,16-26,28,30H,3,7,15,27H2,1-2H3. The van der Waals surface area contributed by atoms with E-state index >= 15 is 0 Å². The predicted octanol–water partition coefficient (Wildman–Crippen LogP) is 12.7. The molecule has 2 aromatic heterocycles. The molecule has 48 heavy (non-hydrogen) atoms. The molecule has 0 amide bonds. The van der Waals surface area contributed by atoms with Crippen LogP contribution in [0.25, 0.3) is 77.8 Å². The number of hydrogen-bond acceptors (Lipinski definition) is 0. The Hall–Kier alpha value is -5.40. The summed E-state index contributed by atoms with van der Waals surface area (Å²) in [6.07, 6.45) is 9.00. The Morgan fingerprint density at radius 2 is 1.40 bits per heavy atom. The Labute approximate surface area is 282 Å². The first-order valence-corrected chi connectivity index (χ1v) is 17.6. The molecule has 1 heteroatoms. The van der Waals surface area contributed by atoms with E-state index in [4.69, 9.17) is 0 Å². The molecule has 10 rings (SSSR count). The molecular formula is C47H37N. The molecule has 1 atom stereocenters. The molecule has 0 saturated carbocycles. The average molecular weight is 616 g/mol. The van der Waals surface area contributed by atoms with Gasteiger partial charge in [0.15, 0.2) is 0 Å². The summed E-state index contributed by atoms with van der Waals surface area (Å²) in [6, 6.07) is 46.0. The lowest BCUT2D eigenvalue weighted by molar-refractivity contribution is 0.664. The molecule has 2 aliphatic carbocycles. The Kier molecular flexibility index (Phi) is 6.09. The van der Waals surface area contributed by atoms with Crippen molar-refractivity contribution in [3.63, 3.8) is 0 Å². The molecule has 0 aliphatic heterocycles. The molecule has 2 aliphatic rings. The number of allylic oxidation sites excluding steroid dienone is 1. The zero-order chi connectivity index (χ0) is 31.9. The zero-order valence-electron chi connectivity index (χ0n) is 27.6. The summed E-state index contributed by atoms with van der Waals surface area (Å²) in [7, 11) is 0. The van der Waals surface area contributed by atoms with Crippen molar-refractivity contribution in [1.82, 2.24) is 4.40 Å². The van der Waals surface area contributed by atoms with Gasteiger partial charge in [0.25, 0.3) is 0 Å². The molecule has 6 aromatic carbocycles. The Balaban J connectivity index is 1.26. The normalized spacial score (nSPS) is 15.2. The van der Waals surface area contributed by atoms with Gasteiger partial charge in [-0.3, -0.25) is 0 Å². The summed E-state index contributed by atoms with van der Waals surface area (Å²) in [6.45, 7) is 4.71. The lowest BCUT2D eigenvalue weighted by Gasteiger charge is -2.24. The molecule has 0 radical (unpaired) electrons. The summed E-state index contributed by atoms with van der Waals surface area (Å²) < 4.78 is 2.55. The molecule has 0 N–H and O–H groups in total. The molecule has 2 heterocycles. The number of aryl methyl sites for hydroxylation is 1. The summed E-state index contributed by atoms with van der Waals surface area (Å²) in [5.74, 6) is 0.369. The van der Waals surface area contributed by atoms with Crippen LogP contribution in [0.15, 0.2) is 127 Å². The van der Waals surface area contributed by atoms with Crippen molar-refractivity contribution < 1.29 is 0 Å². The second-order valence-corrected chi connectivity index (χ2v) is 13.8. The van der Waals surface area contributed by atoms with Crippen molar-refractivity contribution in [2.24, 2.45) is 0 Å². The van der Waals surface area contributed by atoms with Crippen molar-refractivity contribution in [2.75, 3.05) is 0 Å². The maximum atomic E-state index is 2.55. The highest BCUT2D eigenvalue weighted by Crippen LogP contribution is 2.49. The Bertz CT molecular complexity index is 2580. The molecule has 2 bridgehead atoms. The van der Waals surface area contributed by atoms with Crippen LogP contribution in [0.2, 0.25) is 0 Å². The van der Waals surface area contributed by atoms with Crippen molar-refractivity contribution in [1.29, 1.82) is 0 Å². The van der Waals surface area contributed by atoms with Crippen molar-refractivity contribution >= 4 is 33.3 Å². The van der Waals surface area contributed by atoms with Crippen molar-refractivity contribution in [3.05, 3.63) is 155 Å². The van der Waals surface area contributed by atoms with E-state index < -0.39 is 0 Å². The lowest BCUT2D eigenvalue weighted by atomic mass is 9.79. The van der Waals surface area contributed by atoms with E-state index in [9.17, 15) is 0 Å². The van der Waals surface area contributed by atoms with Crippen LogP contribution in [0.5, 0.6) is 0 Å². The van der Waals surface area contributed by atoms with Gasteiger partial charge in [-0.2, -0.15) is 0 Å². The third-order valence-corrected chi connectivity index (χ3v) is 11.4. The summed E-state index contributed by atoms with van der Waals surface area (Å²) in [4.78, 5) is 0. The van der Waals surface area contributed by atoms with Crippen molar-refractivity contribution in [2.45, 2.75) is 45.4 Å². The van der Waals surface area contributed by atoms with Crippen molar-refractivity contribution in [3.8, 4) is 44.5 Å². The smallest absolute Gasteiger partial charge is 0.0623 e. The van der Waals surface area contributed by atoms with E-state index in [0.717, 1.165) is 25.7 Å². The minimum absolute atomic E-state index is 0.369. The molecule has 0 saturated heterocycles. The van der Waals surface area contributed by atoms with Crippen LogP contribution < -0.4 is 0 Å². The van der Waals surface area contributed by atoms with Gasteiger partial charge in [-0.25, -0.2) is 0 Å². The van der Waals surface area contributed by atoms with E-state index in [1.165, 1.54) is 99.6 Å². The maximum absolute atomic E-state index is 2.55. The number of aromatic nitrogens is 1. The van der Waals surface area contributed by atoms with Gasteiger partial charge in [0.2, 0.25) is 0 Å². The molecule has 0 spiro atoms.